The number of nitrogens with one attached hydrogen (secondary N) is 2. The van der Waals surface area contributed by atoms with Crippen LogP contribution in [0.1, 0.15) is 85.4 Å². The molecular weight excluding hydrogens is 588 g/mol. The maximum Gasteiger partial charge on any atom is 0.347 e. The van der Waals surface area contributed by atoms with Gasteiger partial charge in [0, 0.05) is 63.1 Å². The average Bonchev–Trinajstić information content (AvgIpc) is 3.52. The summed E-state index contributed by atoms with van der Waals surface area (Å²) in [6, 6.07) is 4.15. The molecule has 1 aliphatic carbocycles. The molecule has 2 unspecified atom stereocenters. The van der Waals surface area contributed by atoms with E-state index >= 15 is 0 Å². The van der Waals surface area contributed by atoms with Gasteiger partial charge in [-0.1, -0.05) is 6.07 Å². The first-order chi connectivity index (χ1) is 21.6. The van der Waals surface area contributed by atoms with Crippen LogP contribution in [0.4, 0.5) is 20.2 Å². The van der Waals surface area contributed by atoms with Crippen LogP contribution in [0.5, 0.6) is 0 Å². The summed E-state index contributed by atoms with van der Waals surface area (Å²) in [6.45, 7) is 3.56. The number of hydrogen-bond donors (Lipinski definition) is 3. The minimum Gasteiger partial charge on any atom is -0.624 e. The number of carbonyl (C=O) groups excluding carboxylic acids is 3. The highest BCUT2D eigenvalue weighted by Crippen LogP contribution is 2.38. The monoisotopic (exact) mass is 631 g/mol. The van der Waals surface area contributed by atoms with Crippen molar-refractivity contribution in [3.63, 3.8) is 0 Å². The number of benzene rings is 1. The molecule has 2 aromatic rings. The Labute approximate surface area is 261 Å². The number of imide groups is 1. The molecular formula is C31H43F2N7O5. The van der Waals surface area contributed by atoms with Crippen molar-refractivity contribution in [1.29, 1.82) is 0 Å². The van der Waals surface area contributed by atoms with E-state index in [1.165, 1.54) is 6.20 Å². The summed E-state index contributed by atoms with van der Waals surface area (Å²) in [6.07, 6.45) is 4.47. The van der Waals surface area contributed by atoms with Crippen molar-refractivity contribution in [2.24, 2.45) is 5.92 Å². The molecule has 3 heterocycles. The van der Waals surface area contributed by atoms with Crippen LogP contribution in [-0.2, 0) is 20.9 Å². The van der Waals surface area contributed by atoms with Crippen LogP contribution in [0.2, 0.25) is 0 Å². The maximum absolute atomic E-state index is 13.6. The number of halogens is 2. The number of nitrogens with zero attached hydrogens (tertiary/aromatic N) is 4. The summed E-state index contributed by atoms with van der Waals surface area (Å²) < 4.78 is 32.2. The molecule has 246 valence electrons. The number of anilines is 2. The van der Waals surface area contributed by atoms with Crippen LogP contribution >= 0.6 is 0 Å². The van der Waals surface area contributed by atoms with Crippen LogP contribution in [0.25, 0.3) is 0 Å². The Morgan fingerprint density at radius 2 is 1.93 bits per heavy atom. The molecule has 0 bridgehead atoms. The van der Waals surface area contributed by atoms with Gasteiger partial charge in [-0.15, -0.1) is 0 Å². The third-order valence-corrected chi connectivity index (χ3v) is 9.22. The normalized spacial score (nSPS) is 25.2. The lowest BCUT2D eigenvalue weighted by Gasteiger charge is -2.42. The predicted octanol–water partition coefficient (Wildman–Crippen LogP) is 3.75. The molecule has 14 heteroatoms. The third kappa shape index (κ3) is 7.51. The number of piperidine rings is 1. The third-order valence-electron chi connectivity index (χ3n) is 9.22. The van der Waals surface area contributed by atoms with Crippen LogP contribution in [0, 0.1) is 11.1 Å². The molecule has 4 N–H and O–H groups in total. The Balaban J connectivity index is 0.957. The summed E-state index contributed by atoms with van der Waals surface area (Å²) in [5.74, 6) is -1.19. The predicted molar refractivity (Wildman–Crippen MR) is 163 cm³/mol. The van der Waals surface area contributed by atoms with E-state index in [0.717, 1.165) is 51.6 Å². The molecule has 0 radical (unpaired) electrons. The molecule has 0 spiro atoms. The number of nitrogens with two attached hydrogens (primary N) is 1. The number of alkyl halides is 2. The number of nitrogen functional groups attached to an aromatic ring is 1. The minimum absolute atomic E-state index is 0.0456. The van der Waals surface area contributed by atoms with E-state index in [4.69, 9.17) is 10.5 Å². The summed E-state index contributed by atoms with van der Waals surface area (Å²) in [4.78, 5) is 39.2. The number of carbonyl (C=O) groups is 3. The molecule has 1 aromatic heterocycles. The van der Waals surface area contributed by atoms with Gasteiger partial charge in [0.15, 0.2) is 11.7 Å². The Morgan fingerprint density at radius 1 is 1.18 bits per heavy atom. The van der Waals surface area contributed by atoms with Gasteiger partial charge >= 0.3 is 5.91 Å². The zero-order valence-corrected chi connectivity index (χ0v) is 25.7. The zero-order valence-electron chi connectivity index (χ0n) is 25.7. The lowest BCUT2D eigenvalue weighted by Crippen LogP contribution is -2.60. The molecule has 1 saturated carbocycles. The summed E-state index contributed by atoms with van der Waals surface area (Å²) in [7, 11) is 2.11. The van der Waals surface area contributed by atoms with Crippen molar-refractivity contribution >= 4 is 29.1 Å². The van der Waals surface area contributed by atoms with E-state index in [1.54, 1.807) is 16.8 Å². The van der Waals surface area contributed by atoms with Gasteiger partial charge in [-0.25, -0.2) is 13.6 Å². The van der Waals surface area contributed by atoms with Gasteiger partial charge in [0.05, 0.1) is 17.3 Å². The number of amides is 3. The Kier molecular flexibility index (Phi) is 10.5. The molecule has 1 saturated heterocycles. The summed E-state index contributed by atoms with van der Waals surface area (Å²) in [5, 5.41) is 23.1. The fourth-order valence-corrected chi connectivity index (χ4v) is 6.80. The second kappa shape index (κ2) is 14.3. The van der Waals surface area contributed by atoms with E-state index in [0.29, 0.717) is 42.5 Å². The molecule has 45 heavy (non-hydrogen) atoms. The lowest BCUT2D eigenvalue weighted by atomic mass is 9.86. The molecule has 2 fully saturated rings. The quantitative estimate of drug-likeness (QED) is 0.122. The molecule has 3 aliphatic rings. The van der Waals surface area contributed by atoms with Gasteiger partial charge in [0.2, 0.25) is 5.91 Å². The Hall–Kier alpha value is -3.46. The first-order valence-electron chi connectivity index (χ1n) is 15.8. The largest absolute Gasteiger partial charge is 0.624 e. The van der Waals surface area contributed by atoms with Crippen LogP contribution in [0.3, 0.4) is 0 Å². The van der Waals surface area contributed by atoms with Crippen molar-refractivity contribution < 1.29 is 32.5 Å². The topological polar surface area (TPSA) is 155 Å². The van der Waals surface area contributed by atoms with E-state index in [9.17, 15) is 28.4 Å². The van der Waals surface area contributed by atoms with Crippen LogP contribution in [0.15, 0.2) is 24.4 Å². The number of rotatable bonds is 14. The number of ether oxygens (including phenoxy) is 1. The number of aromatic nitrogens is 2. The van der Waals surface area contributed by atoms with Gasteiger partial charge < -0.3 is 25.9 Å². The molecule has 2 aliphatic heterocycles. The lowest BCUT2D eigenvalue weighted by molar-refractivity contribution is -0.825. The smallest absolute Gasteiger partial charge is 0.347 e. The average molecular weight is 632 g/mol. The van der Waals surface area contributed by atoms with Gasteiger partial charge in [-0.3, -0.25) is 24.2 Å². The fourth-order valence-electron chi connectivity index (χ4n) is 6.80. The maximum atomic E-state index is 13.6. The zero-order chi connectivity index (χ0) is 32.1. The highest BCUT2D eigenvalue weighted by atomic mass is 19.3. The van der Waals surface area contributed by atoms with Crippen molar-refractivity contribution in [1.82, 2.24) is 20.0 Å². The first-order valence-corrected chi connectivity index (χ1v) is 15.8. The molecule has 2 atom stereocenters. The van der Waals surface area contributed by atoms with E-state index in [-0.39, 0.29) is 36.8 Å². The van der Waals surface area contributed by atoms with E-state index < -0.39 is 34.8 Å². The van der Waals surface area contributed by atoms with Crippen molar-refractivity contribution in [2.45, 2.75) is 76.4 Å². The van der Waals surface area contributed by atoms with E-state index in [1.807, 2.05) is 6.07 Å². The number of quaternary nitrogens is 1. The van der Waals surface area contributed by atoms with Gasteiger partial charge in [-0.2, -0.15) is 5.10 Å². The highest BCUT2D eigenvalue weighted by Gasteiger charge is 2.50. The SMILES string of the molecule is CN(CCCOCCCNc1cccc2c1C[N+]([O-])(C1CCC(=O)NC1=O)C2=O)CC1CCC(n2cc(N)c(C(F)F)n2)CC1. The number of hydrogen-bond acceptors (Lipinski definition) is 9. The van der Waals surface area contributed by atoms with E-state index in [2.05, 4.69) is 27.7 Å². The van der Waals surface area contributed by atoms with Crippen molar-refractivity contribution in [2.75, 3.05) is 50.9 Å². The fraction of sp³-hybridized carbons (Fsp3) is 0.613. The molecule has 5 rings (SSSR count). The van der Waals surface area contributed by atoms with Crippen LogP contribution in [-0.4, -0.2) is 83.0 Å². The van der Waals surface area contributed by atoms with Crippen molar-refractivity contribution in [3.8, 4) is 0 Å². The Morgan fingerprint density at radius 3 is 2.64 bits per heavy atom. The number of hydroxylamine groups is 3. The molecule has 3 amide bonds. The highest BCUT2D eigenvalue weighted by molar-refractivity contribution is 6.02. The molecule has 1 aromatic carbocycles. The summed E-state index contributed by atoms with van der Waals surface area (Å²) in [5.41, 5.74) is 7.05. The summed E-state index contributed by atoms with van der Waals surface area (Å²) >= 11 is 0. The van der Waals surface area contributed by atoms with Gasteiger partial charge in [0.25, 0.3) is 12.3 Å². The Bertz CT molecular complexity index is 1380. The standard InChI is InChI=1S/C31H43F2N7O5/c1-38(17-20-7-9-21(10-8-20)39-18-24(34)28(37-39)29(32)33)14-4-16-45-15-3-13-35-25-6-2-5-22-23(25)19-40(44,31(22)43)26-11-12-27(41)36-30(26)42/h2,5-6,18,20-21,26,29,35H,3-4,7-17,19,34H2,1H3,(H,36,41,42). The van der Waals surface area contributed by atoms with Crippen molar-refractivity contribution in [3.05, 3.63) is 46.4 Å². The number of fused-ring (bicyclic) bond motifs is 1. The van der Waals surface area contributed by atoms with Gasteiger partial charge in [-0.05, 0) is 63.6 Å². The minimum atomic E-state index is -2.66. The first kappa shape index (κ1) is 32.9. The molecule has 12 nitrogen and oxygen atoms in total. The van der Waals surface area contributed by atoms with Gasteiger partial charge in [0.1, 0.15) is 6.54 Å². The van der Waals surface area contributed by atoms with Crippen LogP contribution < -0.4 is 16.4 Å². The second-order valence-corrected chi connectivity index (χ2v) is 12.5. The second-order valence-electron chi connectivity index (χ2n) is 12.5.